The summed E-state index contributed by atoms with van der Waals surface area (Å²) in [5.41, 5.74) is 2.12. The van der Waals surface area contributed by atoms with Crippen molar-refractivity contribution in [2.24, 2.45) is 0 Å². The van der Waals surface area contributed by atoms with Crippen molar-refractivity contribution in [3.05, 3.63) is 54.2 Å². The molecule has 1 aliphatic heterocycles. The van der Waals surface area contributed by atoms with E-state index in [0.717, 1.165) is 18.1 Å². The van der Waals surface area contributed by atoms with Crippen molar-refractivity contribution in [2.45, 2.75) is 45.2 Å². The molecule has 0 unspecified atom stereocenters. The molecule has 2 N–H and O–H groups in total. The molecule has 132 valence electrons. The van der Waals surface area contributed by atoms with Gasteiger partial charge >= 0.3 is 0 Å². The smallest absolute Gasteiger partial charge is 0.171 e. The highest BCUT2D eigenvalue weighted by atomic mass is 32.1. The lowest BCUT2D eigenvalue weighted by Gasteiger charge is -2.34. The maximum atomic E-state index is 5.43. The lowest BCUT2D eigenvalue weighted by atomic mass is 10.0. The number of nitrogens with zero attached hydrogens (tertiary/aromatic N) is 2. The van der Waals surface area contributed by atoms with Crippen LogP contribution in [0.3, 0.4) is 0 Å². The molecule has 5 heteroatoms. The van der Waals surface area contributed by atoms with Crippen LogP contribution < -0.4 is 15.5 Å². The molecule has 1 aliphatic rings. The molecule has 2 atom stereocenters. The molecule has 1 aromatic heterocycles. The molecule has 0 aliphatic carbocycles. The van der Waals surface area contributed by atoms with Gasteiger partial charge in [-0.3, -0.25) is 0 Å². The van der Waals surface area contributed by atoms with Gasteiger partial charge in [0.1, 0.15) is 5.82 Å². The first kappa shape index (κ1) is 17.7. The van der Waals surface area contributed by atoms with Crippen LogP contribution in [0.4, 0.5) is 11.5 Å². The van der Waals surface area contributed by atoms with E-state index in [1.165, 1.54) is 24.8 Å². The van der Waals surface area contributed by atoms with Gasteiger partial charge in [0.05, 0.1) is 17.9 Å². The van der Waals surface area contributed by atoms with E-state index in [2.05, 4.69) is 52.6 Å². The van der Waals surface area contributed by atoms with Crippen LogP contribution in [0.5, 0.6) is 0 Å². The zero-order valence-corrected chi connectivity index (χ0v) is 15.7. The van der Waals surface area contributed by atoms with E-state index in [0.29, 0.717) is 11.2 Å². The SMILES string of the molecule is C[C@@H]1CCCCN1c1ccc(NC(=S)N[C@H](C)c2ccccc2)cn1. The molecule has 2 heterocycles. The van der Waals surface area contributed by atoms with Crippen molar-refractivity contribution in [1.82, 2.24) is 10.3 Å². The molecule has 4 nitrogen and oxygen atoms in total. The fourth-order valence-electron chi connectivity index (χ4n) is 3.26. The average molecular weight is 355 g/mol. The van der Waals surface area contributed by atoms with E-state index in [1.807, 2.05) is 30.5 Å². The number of nitrogens with one attached hydrogen (secondary N) is 2. The summed E-state index contributed by atoms with van der Waals surface area (Å²) in [7, 11) is 0. The number of pyridine rings is 1. The lowest BCUT2D eigenvalue weighted by molar-refractivity contribution is 0.481. The molecule has 0 bridgehead atoms. The van der Waals surface area contributed by atoms with Gasteiger partial charge in [-0.15, -0.1) is 0 Å². The molecule has 2 aromatic rings. The second-order valence-corrected chi connectivity index (χ2v) is 7.08. The Morgan fingerprint density at radius 2 is 2.00 bits per heavy atom. The maximum Gasteiger partial charge on any atom is 0.171 e. The third-order valence-corrected chi connectivity index (χ3v) is 4.97. The fraction of sp³-hybridized carbons (Fsp3) is 0.400. The quantitative estimate of drug-likeness (QED) is 0.791. The van der Waals surface area contributed by atoms with Crippen molar-refractivity contribution in [3.8, 4) is 0 Å². The van der Waals surface area contributed by atoms with Gasteiger partial charge in [0.2, 0.25) is 0 Å². The van der Waals surface area contributed by atoms with Crippen LogP contribution in [0.25, 0.3) is 0 Å². The summed E-state index contributed by atoms with van der Waals surface area (Å²) in [6, 6.07) is 15.1. The number of piperidine rings is 1. The standard InChI is InChI=1S/C20H26N4S/c1-15-8-6-7-13-24(15)19-12-11-18(14-21-19)23-20(25)22-16(2)17-9-4-3-5-10-17/h3-5,9-12,14-16H,6-8,13H2,1-2H3,(H2,22,23,25)/t15-,16-/m1/s1. The molecule has 0 spiro atoms. The second kappa shape index (κ2) is 8.30. The highest BCUT2D eigenvalue weighted by molar-refractivity contribution is 7.80. The first-order chi connectivity index (χ1) is 12.1. The molecule has 0 saturated carbocycles. The largest absolute Gasteiger partial charge is 0.356 e. The van der Waals surface area contributed by atoms with Crippen LogP contribution in [0.15, 0.2) is 48.7 Å². The number of anilines is 2. The number of thiocarbonyl (C=S) groups is 1. The van der Waals surface area contributed by atoms with Crippen LogP contribution in [-0.2, 0) is 0 Å². The van der Waals surface area contributed by atoms with Crippen LogP contribution in [0.1, 0.15) is 44.7 Å². The molecular formula is C20H26N4S. The maximum absolute atomic E-state index is 5.43. The second-order valence-electron chi connectivity index (χ2n) is 6.67. The zero-order valence-electron chi connectivity index (χ0n) is 14.9. The van der Waals surface area contributed by atoms with E-state index in [9.17, 15) is 0 Å². The summed E-state index contributed by atoms with van der Waals surface area (Å²) < 4.78 is 0. The van der Waals surface area contributed by atoms with Crippen molar-refractivity contribution < 1.29 is 0 Å². The zero-order chi connectivity index (χ0) is 17.6. The molecule has 0 radical (unpaired) electrons. The topological polar surface area (TPSA) is 40.2 Å². The Hall–Kier alpha value is -2.14. The minimum absolute atomic E-state index is 0.155. The molecule has 1 aromatic carbocycles. The van der Waals surface area contributed by atoms with Gasteiger partial charge in [-0.2, -0.15) is 0 Å². The van der Waals surface area contributed by atoms with Crippen LogP contribution >= 0.6 is 12.2 Å². The molecule has 1 saturated heterocycles. The number of benzene rings is 1. The summed E-state index contributed by atoms with van der Waals surface area (Å²) in [6.45, 7) is 5.47. The van der Waals surface area contributed by atoms with E-state index < -0.39 is 0 Å². The summed E-state index contributed by atoms with van der Waals surface area (Å²) in [6.07, 6.45) is 5.67. The molecular weight excluding hydrogens is 328 g/mol. The van der Waals surface area contributed by atoms with Gasteiger partial charge in [0, 0.05) is 12.6 Å². The molecule has 25 heavy (non-hydrogen) atoms. The van der Waals surface area contributed by atoms with Gasteiger partial charge < -0.3 is 15.5 Å². The predicted molar refractivity (Wildman–Crippen MR) is 109 cm³/mol. The number of hydrogen-bond acceptors (Lipinski definition) is 3. The first-order valence-electron chi connectivity index (χ1n) is 8.98. The average Bonchev–Trinajstić information content (AvgIpc) is 2.63. The highest BCUT2D eigenvalue weighted by Gasteiger charge is 2.19. The first-order valence-corrected chi connectivity index (χ1v) is 9.39. The Morgan fingerprint density at radius 1 is 1.20 bits per heavy atom. The third-order valence-electron chi connectivity index (χ3n) is 4.75. The normalized spacial score (nSPS) is 18.5. The fourth-order valence-corrected chi connectivity index (χ4v) is 3.55. The van der Waals surface area contributed by atoms with Crippen LogP contribution in [0.2, 0.25) is 0 Å². The number of hydrogen-bond donors (Lipinski definition) is 2. The molecule has 1 fully saturated rings. The Morgan fingerprint density at radius 3 is 2.68 bits per heavy atom. The summed E-state index contributed by atoms with van der Waals surface area (Å²) in [5.74, 6) is 1.05. The Balaban J connectivity index is 1.56. The summed E-state index contributed by atoms with van der Waals surface area (Å²) >= 11 is 5.43. The Labute approximate surface area is 155 Å². The van der Waals surface area contributed by atoms with Gasteiger partial charge in [0.25, 0.3) is 0 Å². The number of aromatic nitrogens is 1. The van der Waals surface area contributed by atoms with Crippen molar-refractivity contribution in [2.75, 3.05) is 16.8 Å². The van der Waals surface area contributed by atoms with E-state index in [1.54, 1.807) is 0 Å². The van der Waals surface area contributed by atoms with E-state index in [-0.39, 0.29) is 6.04 Å². The van der Waals surface area contributed by atoms with Crippen molar-refractivity contribution >= 4 is 28.8 Å². The van der Waals surface area contributed by atoms with E-state index >= 15 is 0 Å². The van der Waals surface area contributed by atoms with Crippen LogP contribution in [0, 0.1) is 0 Å². The van der Waals surface area contributed by atoms with Gasteiger partial charge in [0.15, 0.2) is 5.11 Å². The monoisotopic (exact) mass is 354 g/mol. The minimum Gasteiger partial charge on any atom is -0.356 e. The van der Waals surface area contributed by atoms with Crippen molar-refractivity contribution in [1.29, 1.82) is 0 Å². The highest BCUT2D eigenvalue weighted by Crippen LogP contribution is 2.23. The Bertz CT molecular complexity index is 687. The van der Waals surface area contributed by atoms with Gasteiger partial charge in [-0.05, 0) is 63.0 Å². The van der Waals surface area contributed by atoms with E-state index in [4.69, 9.17) is 12.2 Å². The Kier molecular flexibility index (Phi) is 5.87. The van der Waals surface area contributed by atoms with Gasteiger partial charge in [-0.1, -0.05) is 30.3 Å². The summed E-state index contributed by atoms with van der Waals surface area (Å²) in [4.78, 5) is 7.01. The van der Waals surface area contributed by atoms with Gasteiger partial charge in [-0.25, -0.2) is 4.98 Å². The predicted octanol–water partition coefficient (Wildman–Crippen LogP) is 4.51. The lowest BCUT2D eigenvalue weighted by Crippen LogP contribution is -2.38. The van der Waals surface area contributed by atoms with Crippen molar-refractivity contribution in [3.63, 3.8) is 0 Å². The third kappa shape index (κ3) is 4.69. The summed E-state index contributed by atoms with van der Waals surface area (Å²) in [5, 5.41) is 7.14. The number of rotatable bonds is 4. The van der Waals surface area contributed by atoms with Crippen LogP contribution in [-0.4, -0.2) is 22.7 Å². The molecule has 3 rings (SSSR count). The minimum atomic E-state index is 0.155. The molecule has 0 amide bonds.